The molecule has 2 aliphatic rings. The quantitative estimate of drug-likeness (QED) is 0.703. The van der Waals surface area contributed by atoms with Gasteiger partial charge in [-0.1, -0.05) is 6.08 Å². The van der Waals surface area contributed by atoms with E-state index in [2.05, 4.69) is 5.32 Å². The first-order valence-corrected chi connectivity index (χ1v) is 5.40. The lowest BCUT2D eigenvalue weighted by Crippen LogP contribution is -2.28. The molecule has 0 aromatic carbocycles. The molecule has 15 heavy (non-hydrogen) atoms. The van der Waals surface area contributed by atoms with Gasteiger partial charge in [0.2, 0.25) is 0 Å². The number of nitrogens with one attached hydrogen (secondary N) is 1. The molecule has 0 saturated carbocycles. The van der Waals surface area contributed by atoms with Crippen molar-refractivity contribution in [3.8, 4) is 0 Å². The molecule has 1 fully saturated rings. The average molecular weight is 211 g/mol. The number of halogens is 2. The molecule has 0 atom stereocenters. The second-order valence-corrected chi connectivity index (χ2v) is 4.02. The smallest absolute Gasteiger partial charge is 0.123 e. The second kappa shape index (κ2) is 4.71. The predicted octanol–water partition coefficient (Wildman–Crippen LogP) is 3.02. The minimum absolute atomic E-state index is 0.0802. The molecule has 0 bridgehead atoms. The third kappa shape index (κ3) is 2.53. The number of rotatable bonds is 1. The van der Waals surface area contributed by atoms with Crippen molar-refractivity contribution in [1.82, 2.24) is 5.32 Å². The van der Waals surface area contributed by atoms with Crippen molar-refractivity contribution >= 4 is 0 Å². The lowest BCUT2D eigenvalue weighted by atomic mass is 9.89. The summed E-state index contributed by atoms with van der Waals surface area (Å²) >= 11 is 0. The Balaban J connectivity index is 2.17. The van der Waals surface area contributed by atoms with E-state index in [1.807, 2.05) is 0 Å². The molecule has 1 nitrogen and oxygen atoms in total. The van der Waals surface area contributed by atoms with Gasteiger partial charge in [-0.15, -0.1) is 0 Å². The van der Waals surface area contributed by atoms with E-state index in [1.165, 1.54) is 12.2 Å². The fourth-order valence-corrected chi connectivity index (χ4v) is 2.10. The van der Waals surface area contributed by atoms with Crippen molar-refractivity contribution in [2.75, 3.05) is 13.1 Å². The van der Waals surface area contributed by atoms with Crippen LogP contribution in [0.3, 0.4) is 0 Å². The van der Waals surface area contributed by atoms with Crippen LogP contribution in [-0.4, -0.2) is 13.1 Å². The van der Waals surface area contributed by atoms with Crippen LogP contribution in [0.2, 0.25) is 0 Å². The Hall–Kier alpha value is -0.960. The van der Waals surface area contributed by atoms with Gasteiger partial charge < -0.3 is 5.32 Å². The normalized spacial score (nSPS) is 24.0. The van der Waals surface area contributed by atoms with E-state index in [9.17, 15) is 8.78 Å². The molecule has 1 saturated heterocycles. The molecule has 1 aliphatic carbocycles. The summed E-state index contributed by atoms with van der Waals surface area (Å²) in [6.45, 7) is 1.84. The van der Waals surface area contributed by atoms with Gasteiger partial charge in [-0.05, 0) is 49.6 Å². The molecule has 0 amide bonds. The molecule has 1 heterocycles. The van der Waals surface area contributed by atoms with E-state index in [-0.39, 0.29) is 24.0 Å². The second-order valence-electron chi connectivity index (χ2n) is 4.02. The molecule has 1 N–H and O–H groups in total. The summed E-state index contributed by atoms with van der Waals surface area (Å²) in [4.78, 5) is 0. The maximum Gasteiger partial charge on any atom is 0.123 e. The van der Waals surface area contributed by atoms with Crippen LogP contribution in [0.25, 0.3) is 0 Å². The van der Waals surface area contributed by atoms with E-state index in [4.69, 9.17) is 0 Å². The topological polar surface area (TPSA) is 12.0 Å². The van der Waals surface area contributed by atoms with Gasteiger partial charge in [-0.2, -0.15) is 0 Å². The number of piperidine rings is 1. The SMILES string of the molecule is FC1=CC=C(C2CCNCC2)C(F)=CC1. The van der Waals surface area contributed by atoms with E-state index in [1.54, 1.807) is 6.08 Å². The molecule has 0 aromatic heterocycles. The van der Waals surface area contributed by atoms with Crippen molar-refractivity contribution in [2.45, 2.75) is 19.3 Å². The molecule has 2 rings (SSSR count). The van der Waals surface area contributed by atoms with E-state index in [0.29, 0.717) is 5.57 Å². The maximum atomic E-state index is 13.6. The zero-order valence-corrected chi connectivity index (χ0v) is 8.60. The fraction of sp³-hybridized carbons (Fsp3) is 0.500. The summed E-state index contributed by atoms with van der Waals surface area (Å²) in [6.07, 6.45) is 6.28. The number of hydrogen-bond acceptors (Lipinski definition) is 1. The summed E-state index contributed by atoms with van der Waals surface area (Å²) in [6, 6.07) is 0. The highest BCUT2D eigenvalue weighted by atomic mass is 19.1. The van der Waals surface area contributed by atoms with Crippen LogP contribution in [-0.2, 0) is 0 Å². The minimum Gasteiger partial charge on any atom is -0.317 e. The summed E-state index contributed by atoms with van der Waals surface area (Å²) in [7, 11) is 0. The summed E-state index contributed by atoms with van der Waals surface area (Å²) in [5, 5.41) is 3.23. The van der Waals surface area contributed by atoms with Gasteiger partial charge in [0, 0.05) is 6.42 Å². The van der Waals surface area contributed by atoms with Gasteiger partial charge >= 0.3 is 0 Å². The molecule has 1 aliphatic heterocycles. The van der Waals surface area contributed by atoms with Crippen molar-refractivity contribution < 1.29 is 8.78 Å². The molecule has 82 valence electrons. The van der Waals surface area contributed by atoms with Gasteiger partial charge in [-0.3, -0.25) is 0 Å². The van der Waals surface area contributed by atoms with Gasteiger partial charge in [-0.25, -0.2) is 8.78 Å². The number of allylic oxidation sites excluding steroid dienone is 6. The molecule has 0 aromatic rings. The van der Waals surface area contributed by atoms with E-state index < -0.39 is 0 Å². The highest BCUT2D eigenvalue weighted by molar-refractivity contribution is 5.35. The maximum absolute atomic E-state index is 13.6. The zero-order valence-electron chi connectivity index (χ0n) is 8.60. The highest BCUT2D eigenvalue weighted by Crippen LogP contribution is 2.30. The number of hydrogen-bond donors (Lipinski definition) is 1. The standard InChI is InChI=1S/C12H15F2N/c13-10-1-3-11(12(14)4-2-10)9-5-7-15-8-6-9/h1,3-4,9,15H,2,5-8H2. The van der Waals surface area contributed by atoms with Gasteiger partial charge in [0.1, 0.15) is 11.7 Å². The summed E-state index contributed by atoms with van der Waals surface area (Å²) < 4.78 is 26.6. The Kier molecular flexibility index (Phi) is 3.31. The molecule has 3 heteroatoms. The fourth-order valence-electron chi connectivity index (χ4n) is 2.10. The van der Waals surface area contributed by atoms with Gasteiger partial charge in [0.25, 0.3) is 0 Å². The Bertz CT molecular complexity index is 323. The van der Waals surface area contributed by atoms with Crippen LogP contribution in [0.1, 0.15) is 19.3 Å². The van der Waals surface area contributed by atoms with Crippen molar-refractivity contribution in [2.24, 2.45) is 5.92 Å². The summed E-state index contributed by atoms with van der Waals surface area (Å²) in [5.41, 5.74) is 0.671. The Morgan fingerprint density at radius 1 is 1.13 bits per heavy atom. The molecule has 0 unspecified atom stereocenters. The van der Waals surface area contributed by atoms with Gasteiger partial charge in [0.15, 0.2) is 0 Å². The average Bonchev–Trinajstić information content (AvgIpc) is 2.43. The zero-order chi connectivity index (χ0) is 10.7. The monoisotopic (exact) mass is 211 g/mol. The molecular formula is C12H15F2N. The Labute approximate surface area is 88.6 Å². The third-order valence-electron chi connectivity index (χ3n) is 2.97. The first-order chi connectivity index (χ1) is 7.27. The largest absolute Gasteiger partial charge is 0.317 e. The molecule has 0 radical (unpaired) electrons. The first kappa shape index (κ1) is 10.6. The van der Waals surface area contributed by atoms with E-state index >= 15 is 0 Å². The van der Waals surface area contributed by atoms with E-state index in [0.717, 1.165) is 25.9 Å². The van der Waals surface area contributed by atoms with Crippen LogP contribution in [0, 0.1) is 5.92 Å². The van der Waals surface area contributed by atoms with Gasteiger partial charge in [0.05, 0.1) is 0 Å². The van der Waals surface area contributed by atoms with Crippen molar-refractivity contribution in [1.29, 1.82) is 0 Å². The van der Waals surface area contributed by atoms with Crippen LogP contribution >= 0.6 is 0 Å². The lowest BCUT2D eigenvalue weighted by molar-refractivity contribution is 0.411. The Morgan fingerprint density at radius 2 is 1.87 bits per heavy atom. The highest BCUT2D eigenvalue weighted by Gasteiger charge is 2.21. The first-order valence-electron chi connectivity index (χ1n) is 5.40. The van der Waals surface area contributed by atoms with Crippen LogP contribution in [0.5, 0.6) is 0 Å². The minimum atomic E-state index is -0.269. The van der Waals surface area contributed by atoms with Crippen molar-refractivity contribution in [3.05, 3.63) is 35.5 Å². The Morgan fingerprint density at radius 3 is 2.60 bits per heavy atom. The van der Waals surface area contributed by atoms with Crippen LogP contribution in [0.4, 0.5) is 8.78 Å². The molecule has 0 spiro atoms. The summed E-state index contributed by atoms with van der Waals surface area (Å²) in [5.74, 6) is -0.274. The van der Waals surface area contributed by atoms with Crippen molar-refractivity contribution in [3.63, 3.8) is 0 Å². The lowest BCUT2D eigenvalue weighted by Gasteiger charge is -2.24. The van der Waals surface area contributed by atoms with Crippen LogP contribution in [0.15, 0.2) is 35.5 Å². The predicted molar refractivity (Wildman–Crippen MR) is 56.7 cm³/mol. The van der Waals surface area contributed by atoms with Crippen LogP contribution < -0.4 is 5.32 Å². The molecular weight excluding hydrogens is 196 g/mol. The third-order valence-corrected chi connectivity index (χ3v) is 2.97.